The van der Waals surface area contributed by atoms with Gasteiger partial charge in [-0.3, -0.25) is 0 Å². The lowest BCUT2D eigenvalue weighted by molar-refractivity contribution is 0.188. The molecule has 0 saturated carbocycles. The molecule has 4 nitrogen and oxygen atoms in total. The molecule has 86 valence electrons. The van der Waals surface area contributed by atoms with Crippen LogP contribution in [0.2, 0.25) is 0 Å². The van der Waals surface area contributed by atoms with Crippen molar-refractivity contribution in [1.82, 2.24) is 4.90 Å². The average molecular weight is 219 g/mol. The number of nitrogens with two attached hydrogens (primary N) is 1. The second kappa shape index (κ2) is 3.56. The lowest BCUT2D eigenvalue weighted by Gasteiger charge is -2.44. The van der Waals surface area contributed by atoms with E-state index in [0.29, 0.717) is 6.04 Å². The molecule has 0 aliphatic carbocycles. The van der Waals surface area contributed by atoms with Gasteiger partial charge >= 0.3 is 0 Å². The van der Waals surface area contributed by atoms with Crippen molar-refractivity contribution >= 4 is 11.4 Å². The summed E-state index contributed by atoms with van der Waals surface area (Å²) in [6, 6.07) is 6.36. The maximum atomic E-state index is 5.84. The van der Waals surface area contributed by atoms with Gasteiger partial charge in [0.25, 0.3) is 0 Å². The molecule has 2 aliphatic rings. The summed E-state index contributed by atoms with van der Waals surface area (Å²) in [5.41, 5.74) is 7.80. The number of benzene rings is 1. The van der Waals surface area contributed by atoms with Crippen LogP contribution in [0.15, 0.2) is 18.2 Å². The molecule has 2 N–H and O–H groups in total. The first kappa shape index (κ1) is 9.78. The Hall–Kier alpha value is -1.42. The number of likely N-dealkylation sites (N-methyl/N-ethyl adjacent to an activating group) is 1. The van der Waals surface area contributed by atoms with Crippen LogP contribution in [0.25, 0.3) is 0 Å². The monoisotopic (exact) mass is 219 g/mol. The van der Waals surface area contributed by atoms with Gasteiger partial charge in [-0.05, 0) is 25.2 Å². The molecule has 1 saturated heterocycles. The molecule has 3 rings (SSSR count). The van der Waals surface area contributed by atoms with Gasteiger partial charge in [-0.2, -0.15) is 0 Å². The standard InChI is InChI=1S/C12H17N3O/c1-14-4-5-15-10(7-14)8-16-12-3-2-9(13)6-11(12)15/h2-3,6,10H,4-5,7-8,13H2,1H3. The Labute approximate surface area is 95.6 Å². The third-order valence-corrected chi connectivity index (χ3v) is 3.41. The van der Waals surface area contributed by atoms with Crippen molar-refractivity contribution in [3.05, 3.63) is 18.2 Å². The van der Waals surface area contributed by atoms with Crippen LogP contribution in [0, 0.1) is 0 Å². The first-order valence-corrected chi connectivity index (χ1v) is 5.71. The van der Waals surface area contributed by atoms with Gasteiger partial charge in [-0.25, -0.2) is 0 Å². The molecular formula is C12H17N3O. The second-order valence-corrected chi connectivity index (χ2v) is 4.65. The summed E-state index contributed by atoms with van der Waals surface area (Å²) >= 11 is 0. The highest BCUT2D eigenvalue weighted by molar-refractivity contribution is 5.66. The minimum absolute atomic E-state index is 0.466. The van der Waals surface area contributed by atoms with Crippen molar-refractivity contribution in [2.24, 2.45) is 0 Å². The highest BCUT2D eigenvalue weighted by atomic mass is 16.5. The van der Waals surface area contributed by atoms with Gasteiger partial charge in [0.05, 0.1) is 11.7 Å². The van der Waals surface area contributed by atoms with Gasteiger partial charge in [-0.15, -0.1) is 0 Å². The number of hydrogen-bond donors (Lipinski definition) is 1. The number of rotatable bonds is 0. The molecule has 0 radical (unpaired) electrons. The number of nitrogens with zero attached hydrogens (tertiary/aromatic N) is 2. The number of hydrogen-bond acceptors (Lipinski definition) is 4. The minimum atomic E-state index is 0.466. The Morgan fingerprint density at radius 3 is 3.12 bits per heavy atom. The van der Waals surface area contributed by atoms with Gasteiger partial charge in [-0.1, -0.05) is 0 Å². The maximum absolute atomic E-state index is 5.84. The van der Waals surface area contributed by atoms with Crippen molar-refractivity contribution in [3.8, 4) is 5.75 Å². The molecule has 0 spiro atoms. The van der Waals surface area contributed by atoms with E-state index in [0.717, 1.165) is 43.4 Å². The van der Waals surface area contributed by atoms with E-state index in [9.17, 15) is 0 Å². The van der Waals surface area contributed by atoms with Gasteiger partial charge < -0.3 is 20.3 Å². The number of fused-ring (bicyclic) bond motifs is 3. The van der Waals surface area contributed by atoms with E-state index in [1.807, 2.05) is 18.2 Å². The van der Waals surface area contributed by atoms with E-state index in [2.05, 4.69) is 16.8 Å². The zero-order valence-electron chi connectivity index (χ0n) is 9.52. The molecule has 1 unspecified atom stereocenters. The van der Waals surface area contributed by atoms with Crippen molar-refractivity contribution < 1.29 is 4.74 Å². The third-order valence-electron chi connectivity index (χ3n) is 3.41. The van der Waals surface area contributed by atoms with Gasteiger partial charge in [0, 0.05) is 25.3 Å². The smallest absolute Gasteiger partial charge is 0.142 e. The van der Waals surface area contributed by atoms with Crippen molar-refractivity contribution in [3.63, 3.8) is 0 Å². The highest BCUT2D eigenvalue weighted by Crippen LogP contribution is 2.36. The SMILES string of the molecule is CN1CCN2c3cc(N)ccc3OCC2C1. The van der Waals surface area contributed by atoms with E-state index >= 15 is 0 Å². The van der Waals surface area contributed by atoms with Crippen LogP contribution >= 0.6 is 0 Å². The summed E-state index contributed by atoms with van der Waals surface area (Å²) in [4.78, 5) is 4.77. The molecule has 0 aromatic heterocycles. The van der Waals surface area contributed by atoms with Crippen molar-refractivity contribution in [2.75, 3.05) is 43.9 Å². The second-order valence-electron chi connectivity index (χ2n) is 4.65. The molecule has 1 fully saturated rings. The van der Waals surface area contributed by atoms with Gasteiger partial charge in [0.2, 0.25) is 0 Å². The lowest BCUT2D eigenvalue weighted by Crippen LogP contribution is -2.56. The molecule has 4 heteroatoms. The normalized spacial score (nSPS) is 24.6. The zero-order valence-corrected chi connectivity index (χ0v) is 9.52. The van der Waals surface area contributed by atoms with Crippen LogP contribution in [-0.2, 0) is 0 Å². The van der Waals surface area contributed by atoms with Crippen molar-refractivity contribution in [2.45, 2.75) is 6.04 Å². The van der Waals surface area contributed by atoms with Crippen LogP contribution in [0.3, 0.4) is 0 Å². The van der Waals surface area contributed by atoms with Crippen LogP contribution < -0.4 is 15.4 Å². The Bertz CT molecular complexity index is 407. The number of nitrogen functional groups attached to an aromatic ring is 1. The summed E-state index contributed by atoms with van der Waals surface area (Å²) in [6.07, 6.45) is 0. The fraction of sp³-hybridized carbons (Fsp3) is 0.500. The summed E-state index contributed by atoms with van der Waals surface area (Å²) in [6.45, 7) is 4.00. The van der Waals surface area contributed by atoms with Crippen molar-refractivity contribution in [1.29, 1.82) is 0 Å². The van der Waals surface area contributed by atoms with E-state index in [-0.39, 0.29) is 0 Å². The van der Waals surface area contributed by atoms with Crippen LogP contribution in [0.1, 0.15) is 0 Å². The summed E-state index contributed by atoms with van der Waals surface area (Å²) in [5, 5.41) is 0. The van der Waals surface area contributed by atoms with E-state index in [1.165, 1.54) is 0 Å². The molecule has 0 bridgehead atoms. The Morgan fingerprint density at radius 1 is 1.38 bits per heavy atom. The lowest BCUT2D eigenvalue weighted by atomic mass is 10.1. The van der Waals surface area contributed by atoms with Gasteiger partial charge in [0.15, 0.2) is 0 Å². The van der Waals surface area contributed by atoms with Gasteiger partial charge in [0.1, 0.15) is 12.4 Å². The first-order valence-electron chi connectivity index (χ1n) is 5.71. The fourth-order valence-electron chi connectivity index (χ4n) is 2.54. The number of piperazine rings is 1. The maximum Gasteiger partial charge on any atom is 0.142 e. The summed E-state index contributed by atoms with van der Waals surface area (Å²) < 4.78 is 5.77. The molecule has 1 aromatic carbocycles. The number of anilines is 2. The topological polar surface area (TPSA) is 41.7 Å². The molecule has 1 atom stereocenters. The zero-order chi connectivity index (χ0) is 11.1. The van der Waals surface area contributed by atoms with Crippen LogP contribution in [-0.4, -0.2) is 44.2 Å². The predicted octanol–water partition coefficient (Wildman–Crippen LogP) is 0.782. The molecule has 16 heavy (non-hydrogen) atoms. The Kier molecular flexibility index (Phi) is 2.17. The quantitative estimate of drug-likeness (QED) is 0.655. The average Bonchev–Trinajstić information content (AvgIpc) is 2.28. The summed E-state index contributed by atoms with van der Waals surface area (Å²) in [7, 11) is 2.16. The third kappa shape index (κ3) is 1.50. The minimum Gasteiger partial charge on any atom is -0.489 e. The summed E-state index contributed by atoms with van der Waals surface area (Å²) in [5.74, 6) is 0.968. The Morgan fingerprint density at radius 2 is 2.25 bits per heavy atom. The van der Waals surface area contributed by atoms with Crippen LogP contribution in [0.5, 0.6) is 5.75 Å². The molecule has 1 aromatic rings. The molecule has 2 heterocycles. The number of ether oxygens (including phenoxy) is 1. The Balaban J connectivity index is 1.96. The molecule has 0 amide bonds. The van der Waals surface area contributed by atoms with E-state index in [4.69, 9.17) is 10.5 Å². The highest BCUT2D eigenvalue weighted by Gasteiger charge is 2.31. The van der Waals surface area contributed by atoms with Crippen LogP contribution in [0.4, 0.5) is 11.4 Å². The molecule has 2 aliphatic heterocycles. The largest absolute Gasteiger partial charge is 0.489 e. The van der Waals surface area contributed by atoms with E-state index in [1.54, 1.807) is 0 Å². The van der Waals surface area contributed by atoms with E-state index < -0.39 is 0 Å². The predicted molar refractivity (Wildman–Crippen MR) is 65.0 cm³/mol. The molecular weight excluding hydrogens is 202 g/mol. The fourth-order valence-corrected chi connectivity index (χ4v) is 2.54. The first-order chi connectivity index (χ1) is 7.74.